The van der Waals surface area contributed by atoms with E-state index in [1.54, 1.807) is 18.2 Å². The fourth-order valence-corrected chi connectivity index (χ4v) is 1.91. The van der Waals surface area contributed by atoms with Gasteiger partial charge in [-0.05, 0) is 43.2 Å². The van der Waals surface area contributed by atoms with Gasteiger partial charge in [-0.25, -0.2) is 4.79 Å². The van der Waals surface area contributed by atoms with Crippen molar-refractivity contribution in [2.45, 2.75) is 20.5 Å². The summed E-state index contributed by atoms with van der Waals surface area (Å²) in [4.78, 5) is 10.8. The summed E-state index contributed by atoms with van der Waals surface area (Å²) in [6, 6.07) is 13.0. The van der Waals surface area contributed by atoms with Gasteiger partial charge in [-0.2, -0.15) is 0 Å². The molecule has 0 bridgehead atoms. The molecule has 0 aliphatic carbocycles. The zero-order chi connectivity index (χ0) is 13.8. The molecule has 0 aromatic heterocycles. The lowest BCUT2D eigenvalue weighted by molar-refractivity contribution is 0.0696. The van der Waals surface area contributed by atoms with Crippen molar-refractivity contribution in [3.8, 4) is 5.75 Å². The van der Waals surface area contributed by atoms with Crippen LogP contribution in [0.15, 0.2) is 42.5 Å². The number of ether oxygens (including phenoxy) is 1. The molecule has 3 heteroatoms. The highest BCUT2D eigenvalue weighted by Crippen LogP contribution is 2.20. The van der Waals surface area contributed by atoms with Crippen molar-refractivity contribution in [2.24, 2.45) is 0 Å². The molecule has 2 aromatic carbocycles. The number of aromatic carboxylic acids is 1. The minimum absolute atomic E-state index is 0.278. The van der Waals surface area contributed by atoms with Crippen LogP contribution in [0.3, 0.4) is 0 Å². The molecule has 0 heterocycles. The molecule has 2 rings (SSSR count). The maximum atomic E-state index is 10.8. The summed E-state index contributed by atoms with van der Waals surface area (Å²) in [7, 11) is 0. The fourth-order valence-electron chi connectivity index (χ4n) is 1.91. The first-order valence-electron chi connectivity index (χ1n) is 6.08. The lowest BCUT2D eigenvalue weighted by Gasteiger charge is -2.10. The standard InChI is InChI=1S/C16H16O3/c1-11-4-3-5-13(8-11)10-19-15-7-6-14(16(17)18)9-12(15)2/h3-9H,10H2,1-2H3,(H,17,18). The Labute approximate surface area is 112 Å². The van der Waals surface area contributed by atoms with E-state index < -0.39 is 5.97 Å². The maximum absolute atomic E-state index is 10.8. The Morgan fingerprint density at radius 1 is 1.16 bits per heavy atom. The zero-order valence-corrected chi connectivity index (χ0v) is 11.0. The molecule has 0 atom stereocenters. The van der Waals surface area contributed by atoms with E-state index in [-0.39, 0.29) is 5.56 Å². The summed E-state index contributed by atoms with van der Waals surface area (Å²) < 4.78 is 5.72. The Balaban J connectivity index is 2.10. The first kappa shape index (κ1) is 13.1. The molecule has 0 saturated heterocycles. The fraction of sp³-hybridized carbons (Fsp3) is 0.188. The quantitative estimate of drug-likeness (QED) is 0.909. The van der Waals surface area contributed by atoms with Gasteiger partial charge in [0.1, 0.15) is 12.4 Å². The summed E-state index contributed by atoms with van der Waals surface area (Å²) in [6.45, 7) is 4.36. The van der Waals surface area contributed by atoms with Crippen molar-refractivity contribution in [3.63, 3.8) is 0 Å². The molecule has 0 radical (unpaired) electrons. The Bertz CT molecular complexity index is 603. The van der Waals surface area contributed by atoms with Gasteiger partial charge >= 0.3 is 5.97 Å². The van der Waals surface area contributed by atoms with Crippen LogP contribution in [0.4, 0.5) is 0 Å². The third-order valence-electron chi connectivity index (χ3n) is 2.90. The molecule has 0 aliphatic rings. The molecule has 1 N–H and O–H groups in total. The second-order valence-corrected chi connectivity index (χ2v) is 4.56. The minimum Gasteiger partial charge on any atom is -0.489 e. The van der Waals surface area contributed by atoms with Gasteiger partial charge in [0.2, 0.25) is 0 Å². The molecule has 0 saturated carbocycles. The summed E-state index contributed by atoms with van der Waals surface area (Å²) in [5, 5.41) is 8.90. The molecule has 0 spiro atoms. The monoisotopic (exact) mass is 256 g/mol. The molecule has 2 aromatic rings. The van der Waals surface area contributed by atoms with Gasteiger partial charge in [-0.15, -0.1) is 0 Å². The SMILES string of the molecule is Cc1cccc(COc2ccc(C(=O)O)cc2C)c1. The molecule has 0 fully saturated rings. The van der Waals surface area contributed by atoms with Crippen LogP contribution in [0, 0.1) is 13.8 Å². The van der Waals surface area contributed by atoms with Crippen LogP contribution in [0.5, 0.6) is 5.75 Å². The average molecular weight is 256 g/mol. The second-order valence-electron chi connectivity index (χ2n) is 4.56. The van der Waals surface area contributed by atoms with E-state index in [2.05, 4.69) is 6.07 Å². The van der Waals surface area contributed by atoms with Crippen LogP contribution in [0.1, 0.15) is 27.0 Å². The number of carboxylic acids is 1. The Morgan fingerprint density at radius 2 is 1.95 bits per heavy atom. The Kier molecular flexibility index (Phi) is 3.85. The van der Waals surface area contributed by atoms with Crippen molar-refractivity contribution in [2.75, 3.05) is 0 Å². The number of carboxylic acid groups (broad SMARTS) is 1. The van der Waals surface area contributed by atoms with Gasteiger partial charge in [0.15, 0.2) is 0 Å². The summed E-state index contributed by atoms with van der Waals surface area (Å²) >= 11 is 0. The topological polar surface area (TPSA) is 46.5 Å². The van der Waals surface area contributed by atoms with Crippen LogP contribution in [-0.2, 0) is 6.61 Å². The van der Waals surface area contributed by atoms with Gasteiger partial charge in [0.25, 0.3) is 0 Å². The van der Waals surface area contributed by atoms with E-state index in [0.29, 0.717) is 12.4 Å². The van der Waals surface area contributed by atoms with Crippen molar-refractivity contribution in [1.82, 2.24) is 0 Å². The van der Waals surface area contributed by atoms with Crippen molar-refractivity contribution < 1.29 is 14.6 Å². The molecular formula is C16H16O3. The van der Waals surface area contributed by atoms with E-state index in [4.69, 9.17) is 9.84 Å². The number of benzene rings is 2. The molecule has 0 amide bonds. The smallest absolute Gasteiger partial charge is 0.335 e. The highest BCUT2D eigenvalue weighted by atomic mass is 16.5. The third-order valence-corrected chi connectivity index (χ3v) is 2.90. The van der Waals surface area contributed by atoms with Gasteiger partial charge in [-0.1, -0.05) is 29.8 Å². The molecule has 3 nitrogen and oxygen atoms in total. The summed E-state index contributed by atoms with van der Waals surface area (Å²) in [5.41, 5.74) is 3.40. The molecule has 19 heavy (non-hydrogen) atoms. The Morgan fingerprint density at radius 3 is 2.58 bits per heavy atom. The van der Waals surface area contributed by atoms with Crippen LogP contribution >= 0.6 is 0 Å². The number of carbonyl (C=O) groups is 1. The molecule has 0 unspecified atom stereocenters. The first-order chi connectivity index (χ1) is 9.06. The lowest BCUT2D eigenvalue weighted by Crippen LogP contribution is -2.00. The van der Waals surface area contributed by atoms with E-state index >= 15 is 0 Å². The minimum atomic E-state index is -0.923. The van der Waals surface area contributed by atoms with Gasteiger partial charge in [0.05, 0.1) is 5.56 Å². The van der Waals surface area contributed by atoms with Gasteiger partial charge < -0.3 is 9.84 Å². The van der Waals surface area contributed by atoms with Crippen LogP contribution in [0.2, 0.25) is 0 Å². The highest BCUT2D eigenvalue weighted by molar-refractivity contribution is 5.88. The lowest BCUT2D eigenvalue weighted by atomic mass is 10.1. The van der Waals surface area contributed by atoms with Crippen LogP contribution in [0.25, 0.3) is 0 Å². The van der Waals surface area contributed by atoms with E-state index in [9.17, 15) is 4.79 Å². The first-order valence-corrected chi connectivity index (χ1v) is 6.08. The predicted molar refractivity (Wildman–Crippen MR) is 73.6 cm³/mol. The zero-order valence-electron chi connectivity index (χ0n) is 11.0. The molecule has 98 valence electrons. The normalized spacial score (nSPS) is 10.2. The molecule has 0 aliphatic heterocycles. The number of rotatable bonds is 4. The van der Waals surface area contributed by atoms with E-state index in [0.717, 1.165) is 11.1 Å². The highest BCUT2D eigenvalue weighted by Gasteiger charge is 2.06. The number of hydrogen-bond donors (Lipinski definition) is 1. The third kappa shape index (κ3) is 3.35. The van der Waals surface area contributed by atoms with Crippen molar-refractivity contribution in [3.05, 3.63) is 64.7 Å². The van der Waals surface area contributed by atoms with Gasteiger partial charge in [0, 0.05) is 0 Å². The van der Waals surface area contributed by atoms with Crippen LogP contribution in [-0.4, -0.2) is 11.1 Å². The average Bonchev–Trinajstić information content (AvgIpc) is 2.37. The van der Waals surface area contributed by atoms with E-state index in [1.165, 1.54) is 5.56 Å². The van der Waals surface area contributed by atoms with Crippen molar-refractivity contribution in [1.29, 1.82) is 0 Å². The predicted octanol–water partition coefficient (Wildman–Crippen LogP) is 3.58. The second kappa shape index (κ2) is 5.57. The Hall–Kier alpha value is -2.29. The van der Waals surface area contributed by atoms with Crippen molar-refractivity contribution >= 4 is 5.97 Å². The van der Waals surface area contributed by atoms with Crippen LogP contribution < -0.4 is 4.74 Å². The number of hydrogen-bond acceptors (Lipinski definition) is 2. The summed E-state index contributed by atoms with van der Waals surface area (Å²) in [5.74, 6) is -0.208. The molecular weight excluding hydrogens is 240 g/mol. The summed E-state index contributed by atoms with van der Waals surface area (Å²) in [6.07, 6.45) is 0. The van der Waals surface area contributed by atoms with Gasteiger partial charge in [-0.3, -0.25) is 0 Å². The maximum Gasteiger partial charge on any atom is 0.335 e. The number of aryl methyl sites for hydroxylation is 2. The van der Waals surface area contributed by atoms with E-state index in [1.807, 2.05) is 32.0 Å². The largest absolute Gasteiger partial charge is 0.489 e.